The summed E-state index contributed by atoms with van der Waals surface area (Å²) in [6, 6.07) is 9.40. The maximum Gasteiger partial charge on any atom is 0.212 e. The van der Waals surface area contributed by atoms with Crippen LogP contribution in [0.15, 0.2) is 36.5 Å². The van der Waals surface area contributed by atoms with E-state index in [1.807, 2.05) is 30.3 Å². The average molecular weight is 362 g/mol. The molecular formula is C19H20ClNO4. The molecule has 25 heavy (non-hydrogen) atoms. The highest BCUT2D eigenvalue weighted by Gasteiger charge is 2.28. The van der Waals surface area contributed by atoms with E-state index in [4.69, 9.17) is 21.1 Å². The van der Waals surface area contributed by atoms with Crippen molar-refractivity contribution in [3.05, 3.63) is 58.2 Å². The molecule has 1 aliphatic heterocycles. The van der Waals surface area contributed by atoms with E-state index in [0.717, 1.165) is 16.7 Å². The lowest BCUT2D eigenvalue weighted by Crippen LogP contribution is -2.30. The van der Waals surface area contributed by atoms with Crippen LogP contribution >= 0.6 is 11.6 Å². The first-order valence-electron chi connectivity index (χ1n) is 8.14. The number of rotatable bonds is 5. The Labute approximate surface area is 151 Å². The van der Waals surface area contributed by atoms with Crippen molar-refractivity contribution in [1.82, 2.24) is 4.98 Å². The topological polar surface area (TPSA) is 68.7 Å². The minimum absolute atomic E-state index is 0.103. The van der Waals surface area contributed by atoms with Gasteiger partial charge in [0.1, 0.15) is 5.78 Å². The molecule has 0 radical (unpaired) electrons. The van der Waals surface area contributed by atoms with Gasteiger partial charge in [0.2, 0.25) is 5.88 Å². The van der Waals surface area contributed by atoms with Crippen molar-refractivity contribution in [2.24, 2.45) is 0 Å². The van der Waals surface area contributed by atoms with Gasteiger partial charge in [0.05, 0.1) is 25.9 Å². The van der Waals surface area contributed by atoms with Crippen molar-refractivity contribution in [2.45, 2.75) is 31.5 Å². The van der Waals surface area contributed by atoms with Gasteiger partial charge in [-0.1, -0.05) is 29.8 Å². The monoisotopic (exact) mass is 361 g/mol. The van der Waals surface area contributed by atoms with Crippen molar-refractivity contribution in [2.75, 3.05) is 13.7 Å². The number of aliphatic hydroxyl groups excluding tert-OH is 1. The molecule has 1 aliphatic rings. The molecule has 0 bridgehead atoms. The highest BCUT2D eigenvalue weighted by atomic mass is 35.5. The molecule has 0 amide bonds. The lowest BCUT2D eigenvalue weighted by molar-refractivity contribution is -0.139. The zero-order chi connectivity index (χ0) is 17.8. The molecule has 6 heteroatoms. The molecule has 1 aromatic heterocycles. The van der Waals surface area contributed by atoms with Gasteiger partial charge in [0.15, 0.2) is 0 Å². The number of carbonyl (C=O) groups is 1. The van der Waals surface area contributed by atoms with Crippen LogP contribution in [0.1, 0.15) is 35.6 Å². The second-order valence-corrected chi connectivity index (χ2v) is 6.52. The fourth-order valence-corrected chi connectivity index (χ4v) is 3.15. The standard InChI is InChI=1S/C19H20ClNO4/c1-24-19-5-2-12(10-21-19)6-14-7-13(3-4-17(14)20)18-9-15(23)8-16(11-22)25-18/h2-5,7,10,16,18,22H,6,8-9,11H2,1H3. The molecular weight excluding hydrogens is 342 g/mol. The summed E-state index contributed by atoms with van der Waals surface area (Å²) >= 11 is 6.34. The summed E-state index contributed by atoms with van der Waals surface area (Å²) in [4.78, 5) is 16.1. The first-order valence-corrected chi connectivity index (χ1v) is 8.52. The molecule has 0 saturated carbocycles. The number of ether oxygens (including phenoxy) is 2. The number of Topliss-reactive ketones (excluding diaryl/α,β-unsaturated/α-hetero) is 1. The fourth-order valence-electron chi connectivity index (χ4n) is 2.96. The first kappa shape index (κ1) is 17.9. The van der Waals surface area contributed by atoms with E-state index in [0.29, 0.717) is 23.7 Å². The van der Waals surface area contributed by atoms with Gasteiger partial charge in [-0.15, -0.1) is 0 Å². The summed E-state index contributed by atoms with van der Waals surface area (Å²) in [5.41, 5.74) is 2.84. The van der Waals surface area contributed by atoms with Crippen LogP contribution in [0.2, 0.25) is 5.02 Å². The van der Waals surface area contributed by atoms with Gasteiger partial charge in [-0.3, -0.25) is 4.79 Å². The van der Waals surface area contributed by atoms with E-state index in [9.17, 15) is 9.90 Å². The zero-order valence-corrected chi connectivity index (χ0v) is 14.7. The number of aliphatic hydroxyl groups is 1. The number of methoxy groups -OCH3 is 1. The van der Waals surface area contributed by atoms with Crippen LogP contribution < -0.4 is 4.74 Å². The first-order chi connectivity index (χ1) is 12.1. The molecule has 0 spiro atoms. The van der Waals surface area contributed by atoms with Crippen LogP contribution in [0.4, 0.5) is 0 Å². The third-order valence-electron chi connectivity index (χ3n) is 4.27. The third kappa shape index (κ3) is 4.37. The van der Waals surface area contributed by atoms with E-state index < -0.39 is 6.10 Å². The Morgan fingerprint density at radius 3 is 2.84 bits per heavy atom. The molecule has 1 N–H and O–H groups in total. The van der Waals surface area contributed by atoms with Crippen LogP contribution in [0.3, 0.4) is 0 Å². The van der Waals surface area contributed by atoms with E-state index in [1.165, 1.54) is 0 Å². The van der Waals surface area contributed by atoms with Crippen LogP contribution in [0.25, 0.3) is 0 Å². The number of carbonyl (C=O) groups excluding carboxylic acids is 1. The lowest BCUT2D eigenvalue weighted by Gasteiger charge is -2.28. The van der Waals surface area contributed by atoms with Crippen molar-refractivity contribution in [1.29, 1.82) is 0 Å². The third-order valence-corrected chi connectivity index (χ3v) is 4.64. The van der Waals surface area contributed by atoms with E-state index >= 15 is 0 Å². The number of aromatic nitrogens is 1. The summed E-state index contributed by atoms with van der Waals surface area (Å²) < 4.78 is 10.9. The second-order valence-electron chi connectivity index (χ2n) is 6.11. The number of halogens is 1. The number of benzene rings is 1. The molecule has 1 fully saturated rings. The van der Waals surface area contributed by atoms with Gasteiger partial charge in [-0.25, -0.2) is 4.98 Å². The minimum atomic E-state index is -0.434. The van der Waals surface area contributed by atoms with Gasteiger partial charge in [0.25, 0.3) is 0 Å². The predicted molar refractivity (Wildman–Crippen MR) is 94.0 cm³/mol. The molecule has 1 saturated heterocycles. The van der Waals surface area contributed by atoms with Crippen LogP contribution in [-0.2, 0) is 16.0 Å². The average Bonchev–Trinajstić information content (AvgIpc) is 2.63. The quantitative estimate of drug-likeness (QED) is 0.886. The number of nitrogens with zero attached hydrogens (tertiary/aromatic N) is 1. The molecule has 0 aliphatic carbocycles. The van der Waals surface area contributed by atoms with Crippen LogP contribution in [0.5, 0.6) is 5.88 Å². The van der Waals surface area contributed by atoms with Gasteiger partial charge < -0.3 is 14.6 Å². The van der Waals surface area contributed by atoms with E-state index in [2.05, 4.69) is 4.98 Å². The number of ketones is 1. The number of pyridine rings is 1. The second kappa shape index (κ2) is 7.95. The SMILES string of the molecule is COc1ccc(Cc2cc(C3CC(=O)CC(CO)O3)ccc2Cl)cn1. The molecule has 2 aromatic rings. The Hall–Kier alpha value is -1.95. The van der Waals surface area contributed by atoms with E-state index in [1.54, 1.807) is 13.3 Å². The largest absolute Gasteiger partial charge is 0.481 e. The molecule has 2 heterocycles. The Morgan fingerprint density at radius 2 is 2.16 bits per heavy atom. The Bertz CT molecular complexity index is 748. The Morgan fingerprint density at radius 1 is 1.32 bits per heavy atom. The van der Waals surface area contributed by atoms with Gasteiger partial charge in [0, 0.05) is 36.5 Å². The summed E-state index contributed by atoms with van der Waals surface area (Å²) in [7, 11) is 1.58. The minimum Gasteiger partial charge on any atom is -0.481 e. The summed E-state index contributed by atoms with van der Waals surface area (Å²) in [6.07, 6.45) is 2.18. The smallest absolute Gasteiger partial charge is 0.212 e. The van der Waals surface area contributed by atoms with Crippen LogP contribution in [-0.4, -0.2) is 35.7 Å². The van der Waals surface area contributed by atoms with Crippen LogP contribution in [0, 0.1) is 0 Å². The normalized spacial score (nSPS) is 20.5. The van der Waals surface area contributed by atoms with Crippen molar-refractivity contribution in [3.8, 4) is 5.88 Å². The fraction of sp³-hybridized carbons (Fsp3) is 0.368. The van der Waals surface area contributed by atoms with Gasteiger partial charge in [-0.05, 0) is 22.8 Å². The summed E-state index contributed by atoms with van der Waals surface area (Å²) in [5, 5.41) is 9.95. The van der Waals surface area contributed by atoms with E-state index in [-0.39, 0.29) is 24.9 Å². The highest BCUT2D eigenvalue weighted by molar-refractivity contribution is 6.31. The maximum atomic E-state index is 11.9. The Kier molecular flexibility index (Phi) is 5.68. The van der Waals surface area contributed by atoms with Crippen molar-refractivity contribution >= 4 is 17.4 Å². The maximum absolute atomic E-state index is 11.9. The number of hydrogen-bond donors (Lipinski definition) is 1. The highest BCUT2D eigenvalue weighted by Crippen LogP contribution is 2.32. The molecule has 5 nitrogen and oxygen atoms in total. The molecule has 132 valence electrons. The van der Waals surface area contributed by atoms with Gasteiger partial charge >= 0.3 is 0 Å². The predicted octanol–water partition coefficient (Wildman–Crippen LogP) is 3.12. The summed E-state index contributed by atoms with van der Waals surface area (Å²) in [6.45, 7) is -0.153. The molecule has 3 rings (SSSR count). The number of hydrogen-bond acceptors (Lipinski definition) is 5. The molecule has 1 aromatic carbocycles. The Balaban J connectivity index is 1.81. The molecule has 2 unspecified atom stereocenters. The molecule has 2 atom stereocenters. The summed E-state index contributed by atoms with van der Waals surface area (Å²) in [5.74, 6) is 0.666. The lowest BCUT2D eigenvalue weighted by atomic mass is 9.95. The van der Waals surface area contributed by atoms with Gasteiger partial charge in [-0.2, -0.15) is 0 Å². The van der Waals surface area contributed by atoms with Crippen molar-refractivity contribution < 1.29 is 19.4 Å². The van der Waals surface area contributed by atoms with Crippen molar-refractivity contribution in [3.63, 3.8) is 0 Å². The zero-order valence-electron chi connectivity index (χ0n) is 13.9.